The molecule has 2 unspecified atom stereocenters. The van der Waals surface area contributed by atoms with Gasteiger partial charge in [0.2, 0.25) is 11.8 Å². The van der Waals surface area contributed by atoms with Crippen molar-refractivity contribution < 1.29 is 29.4 Å². The highest BCUT2D eigenvalue weighted by Crippen LogP contribution is 2.25. The van der Waals surface area contributed by atoms with Crippen LogP contribution in [0.3, 0.4) is 0 Å². The summed E-state index contributed by atoms with van der Waals surface area (Å²) in [5, 5.41) is 20.8. The van der Waals surface area contributed by atoms with Crippen LogP contribution in [0.5, 0.6) is 11.5 Å². The van der Waals surface area contributed by atoms with E-state index in [1.165, 1.54) is 12.1 Å². The Morgan fingerprint density at radius 3 is 1.41 bits per heavy atom. The number of hydrogen-bond acceptors (Lipinski definition) is 6. The average Bonchev–Trinajstić information content (AvgIpc) is 3.04. The Morgan fingerprint density at radius 2 is 1.00 bits per heavy atom. The number of benzene rings is 2. The van der Waals surface area contributed by atoms with E-state index in [0.29, 0.717) is 43.2 Å². The summed E-state index contributed by atoms with van der Waals surface area (Å²) in [4.78, 5) is 52.8. The lowest BCUT2D eigenvalue weighted by atomic mass is 9.87. The van der Waals surface area contributed by atoms with Crippen LogP contribution in [0.15, 0.2) is 36.4 Å². The SMILES string of the molecule is CCCCCc1cccc(O)c1C(=O)NNC(=O)C(CCC)CC(CCCC)C(=O)NNC(=O)c1c(O)cccc1CCCCC. The summed E-state index contributed by atoms with van der Waals surface area (Å²) < 4.78 is 0. The maximum absolute atomic E-state index is 13.3. The van der Waals surface area contributed by atoms with Crippen molar-refractivity contribution in [3.63, 3.8) is 0 Å². The van der Waals surface area contributed by atoms with Gasteiger partial charge in [0.05, 0.1) is 11.1 Å². The van der Waals surface area contributed by atoms with E-state index in [9.17, 15) is 29.4 Å². The molecule has 0 radical (unpaired) electrons. The third kappa shape index (κ3) is 12.0. The van der Waals surface area contributed by atoms with Crippen molar-refractivity contribution in [2.45, 2.75) is 118 Å². The fourth-order valence-electron chi connectivity index (χ4n) is 5.67. The Bertz CT molecular complexity index is 1280. The van der Waals surface area contributed by atoms with Crippen LogP contribution in [0, 0.1) is 11.8 Å². The van der Waals surface area contributed by atoms with Crippen molar-refractivity contribution >= 4 is 23.6 Å². The van der Waals surface area contributed by atoms with E-state index >= 15 is 0 Å². The molecule has 2 rings (SSSR count). The summed E-state index contributed by atoms with van der Waals surface area (Å²) in [6.45, 7) is 8.13. The third-order valence-corrected chi connectivity index (χ3v) is 8.26. The van der Waals surface area contributed by atoms with Crippen LogP contribution in [0.2, 0.25) is 0 Å². The van der Waals surface area contributed by atoms with Crippen molar-refractivity contribution in [2.24, 2.45) is 11.8 Å². The van der Waals surface area contributed by atoms with Gasteiger partial charge in [0.15, 0.2) is 0 Å². The van der Waals surface area contributed by atoms with E-state index in [2.05, 4.69) is 35.6 Å². The molecule has 0 aliphatic rings. The fourth-order valence-corrected chi connectivity index (χ4v) is 5.67. The summed E-state index contributed by atoms with van der Waals surface area (Å²) in [6, 6.07) is 9.89. The lowest BCUT2D eigenvalue weighted by molar-refractivity contribution is -0.129. The van der Waals surface area contributed by atoms with E-state index in [0.717, 1.165) is 51.4 Å². The summed E-state index contributed by atoms with van der Waals surface area (Å²) in [6.07, 6.45) is 10.5. The van der Waals surface area contributed by atoms with Crippen molar-refractivity contribution in [2.75, 3.05) is 0 Å². The number of carbonyl (C=O) groups excluding carboxylic acids is 4. The minimum Gasteiger partial charge on any atom is -0.507 e. The lowest BCUT2D eigenvalue weighted by Gasteiger charge is -2.23. The topological polar surface area (TPSA) is 157 Å². The number of aryl methyl sites for hydroxylation is 2. The molecule has 0 aliphatic heterocycles. The second-order valence-electron chi connectivity index (χ2n) is 12.0. The minimum absolute atomic E-state index is 0.139. The molecular weight excluding hydrogens is 584 g/mol. The standard InChI is InChI=1S/C36H54N4O6/c1-5-9-12-18-25-20-14-22-29(41)31(25)35(45)39-37-33(43)27(16-8-4)24-28(17-11-7-3)34(44)38-40-36(46)32-26(19-13-10-6-2)21-15-23-30(32)42/h14-15,20-23,27-28,41-42H,5-13,16-19,24H2,1-4H3,(H,37,43)(H,38,44)(H,39,45)(H,40,46). The maximum atomic E-state index is 13.3. The first-order valence-corrected chi connectivity index (χ1v) is 17.0. The van der Waals surface area contributed by atoms with Crippen LogP contribution in [-0.4, -0.2) is 33.8 Å². The van der Waals surface area contributed by atoms with Crippen molar-refractivity contribution in [3.8, 4) is 11.5 Å². The number of amides is 4. The molecule has 4 amide bonds. The summed E-state index contributed by atoms with van der Waals surface area (Å²) in [5.41, 5.74) is 11.7. The van der Waals surface area contributed by atoms with E-state index < -0.39 is 35.5 Å². The highest BCUT2D eigenvalue weighted by molar-refractivity contribution is 6.00. The van der Waals surface area contributed by atoms with E-state index in [4.69, 9.17) is 0 Å². The highest BCUT2D eigenvalue weighted by Gasteiger charge is 2.28. The summed E-state index contributed by atoms with van der Waals surface area (Å²) >= 11 is 0. The number of unbranched alkanes of at least 4 members (excludes halogenated alkanes) is 5. The Morgan fingerprint density at radius 1 is 0.565 bits per heavy atom. The molecule has 10 heteroatoms. The number of phenols is 2. The van der Waals surface area contributed by atoms with E-state index in [1.54, 1.807) is 24.3 Å². The molecule has 0 aromatic heterocycles. The molecule has 0 bridgehead atoms. The number of aromatic hydroxyl groups is 2. The molecule has 254 valence electrons. The van der Waals surface area contributed by atoms with Crippen LogP contribution in [0.1, 0.15) is 137 Å². The molecule has 0 saturated heterocycles. The number of hydrazine groups is 2. The molecule has 46 heavy (non-hydrogen) atoms. The molecule has 0 fully saturated rings. The second-order valence-corrected chi connectivity index (χ2v) is 12.0. The normalized spacial score (nSPS) is 12.2. The van der Waals surface area contributed by atoms with E-state index in [-0.39, 0.29) is 29.0 Å². The molecule has 0 heterocycles. The van der Waals surface area contributed by atoms with E-state index in [1.807, 2.05) is 13.8 Å². The minimum atomic E-state index is -0.602. The Labute approximate surface area is 274 Å². The van der Waals surface area contributed by atoms with Gasteiger partial charge in [-0.3, -0.25) is 40.9 Å². The number of phenolic OH excluding ortho intramolecular Hbond substituents is 2. The summed E-state index contributed by atoms with van der Waals surface area (Å²) in [5.74, 6) is -3.51. The molecule has 10 nitrogen and oxygen atoms in total. The molecule has 2 aromatic carbocycles. The lowest BCUT2D eigenvalue weighted by Crippen LogP contribution is -2.47. The number of hydrogen-bond donors (Lipinski definition) is 6. The number of carbonyl (C=O) groups is 4. The molecular formula is C36H54N4O6. The molecule has 0 aliphatic carbocycles. The van der Waals surface area contributed by atoms with Gasteiger partial charge in [-0.2, -0.15) is 0 Å². The zero-order valence-electron chi connectivity index (χ0n) is 28.0. The van der Waals surface area contributed by atoms with Gasteiger partial charge in [0.25, 0.3) is 11.8 Å². The van der Waals surface area contributed by atoms with Crippen LogP contribution in [-0.2, 0) is 22.4 Å². The number of rotatable bonds is 19. The molecule has 0 saturated carbocycles. The largest absolute Gasteiger partial charge is 0.507 e. The first-order chi connectivity index (χ1) is 22.2. The van der Waals surface area contributed by atoms with Crippen LogP contribution in [0.25, 0.3) is 0 Å². The fraction of sp³-hybridized carbons (Fsp3) is 0.556. The van der Waals surface area contributed by atoms with Crippen molar-refractivity contribution in [3.05, 3.63) is 58.7 Å². The summed E-state index contributed by atoms with van der Waals surface area (Å²) in [7, 11) is 0. The number of nitrogens with one attached hydrogen (secondary N) is 4. The highest BCUT2D eigenvalue weighted by atomic mass is 16.3. The molecule has 2 aromatic rings. The third-order valence-electron chi connectivity index (χ3n) is 8.26. The van der Waals surface area contributed by atoms with Gasteiger partial charge in [0.1, 0.15) is 11.5 Å². The molecule has 2 atom stereocenters. The van der Waals surface area contributed by atoms with Gasteiger partial charge in [-0.1, -0.05) is 96.9 Å². The van der Waals surface area contributed by atoms with Crippen molar-refractivity contribution in [1.82, 2.24) is 21.7 Å². The van der Waals surface area contributed by atoms with Gasteiger partial charge in [0, 0.05) is 11.8 Å². The van der Waals surface area contributed by atoms with Gasteiger partial charge < -0.3 is 10.2 Å². The van der Waals surface area contributed by atoms with Crippen LogP contribution in [0.4, 0.5) is 0 Å². The average molecular weight is 639 g/mol. The second kappa shape index (κ2) is 20.9. The van der Waals surface area contributed by atoms with Gasteiger partial charge >= 0.3 is 0 Å². The van der Waals surface area contributed by atoms with Gasteiger partial charge in [-0.15, -0.1) is 0 Å². The zero-order chi connectivity index (χ0) is 33.9. The predicted octanol–water partition coefficient (Wildman–Crippen LogP) is 6.40. The zero-order valence-corrected chi connectivity index (χ0v) is 28.0. The van der Waals surface area contributed by atoms with Crippen LogP contribution < -0.4 is 21.7 Å². The Balaban J connectivity index is 2.09. The first-order valence-electron chi connectivity index (χ1n) is 17.0. The van der Waals surface area contributed by atoms with Crippen LogP contribution >= 0.6 is 0 Å². The quantitative estimate of drug-likeness (QED) is 0.0773. The Hall–Kier alpha value is -4.08. The van der Waals surface area contributed by atoms with Crippen molar-refractivity contribution in [1.29, 1.82) is 0 Å². The maximum Gasteiger partial charge on any atom is 0.273 e. The monoisotopic (exact) mass is 638 g/mol. The predicted molar refractivity (Wildman–Crippen MR) is 180 cm³/mol. The van der Waals surface area contributed by atoms with Gasteiger partial charge in [-0.25, -0.2) is 0 Å². The Kier molecular flexibility index (Phi) is 17.3. The first kappa shape index (κ1) is 38.1. The molecule has 0 spiro atoms. The molecule has 6 N–H and O–H groups in total. The smallest absolute Gasteiger partial charge is 0.273 e. The van der Waals surface area contributed by atoms with Gasteiger partial charge in [-0.05, 0) is 68.2 Å².